The van der Waals surface area contributed by atoms with Gasteiger partial charge in [0.25, 0.3) is 0 Å². The molecule has 1 aliphatic rings. The summed E-state index contributed by atoms with van der Waals surface area (Å²) in [5, 5.41) is 2.78. The van der Waals surface area contributed by atoms with Crippen LogP contribution >= 0.6 is 0 Å². The van der Waals surface area contributed by atoms with Crippen molar-refractivity contribution < 1.29 is 23.9 Å². The minimum Gasteiger partial charge on any atom is -0.469 e. The molecule has 1 amide bonds. The van der Waals surface area contributed by atoms with E-state index in [9.17, 15) is 14.4 Å². The number of hydrogen-bond donors (Lipinski definition) is 1. The number of esters is 2. The first-order chi connectivity index (χ1) is 11.0. The van der Waals surface area contributed by atoms with Crippen LogP contribution in [0.2, 0.25) is 0 Å². The highest BCUT2D eigenvalue weighted by atomic mass is 16.5. The van der Waals surface area contributed by atoms with Gasteiger partial charge in [-0.2, -0.15) is 0 Å². The lowest BCUT2D eigenvalue weighted by Crippen LogP contribution is -2.56. The molecule has 0 saturated carbocycles. The number of rotatable bonds is 6. The molecule has 0 heterocycles. The lowest BCUT2D eigenvalue weighted by Gasteiger charge is -2.27. The van der Waals surface area contributed by atoms with E-state index in [0.29, 0.717) is 12.8 Å². The predicted octanol–water partition coefficient (Wildman–Crippen LogP) is 1.16. The Balaban J connectivity index is 2.12. The molecular weight excluding hydrogens is 298 g/mol. The van der Waals surface area contributed by atoms with Gasteiger partial charge in [-0.3, -0.25) is 9.59 Å². The second-order valence-electron chi connectivity index (χ2n) is 5.55. The van der Waals surface area contributed by atoms with E-state index in [4.69, 9.17) is 4.74 Å². The van der Waals surface area contributed by atoms with Crippen LogP contribution in [0.5, 0.6) is 0 Å². The SMILES string of the molecule is CCOC(=O)C1(NC(=O)CCC(=O)OC)Cc2ccccc2C1. The molecule has 1 aromatic carbocycles. The highest BCUT2D eigenvalue weighted by molar-refractivity contribution is 5.90. The summed E-state index contributed by atoms with van der Waals surface area (Å²) in [7, 11) is 1.27. The molecule has 0 aromatic heterocycles. The molecular formula is C17H21NO5. The maximum Gasteiger partial charge on any atom is 0.332 e. The Hall–Kier alpha value is -2.37. The summed E-state index contributed by atoms with van der Waals surface area (Å²) in [5.41, 5.74) is 0.954. The van der Waals surface area contributed by atoms with Crippen molar-refractivity contribution in [3.05, 3.63) is 35.4 Å². The third-order valence-electron chi connectivity index (χ3n) is 3.93. The molecule has 2 rings (SSSR count). The smallest absolute Gasteiger partial charge is 0.332 e. The first-order valence-corrected chi connectivity index (χ1v) is 7.62. The minimum atomic E-state index is -1.09. The van der Waals surface area contributed by atoms with E-state index in [-0.39, 0.29) is 25.4 Å². The topological polar surface area (TPSA) is 81.7 Å². The number of fused-ring (bicyclic) bond motifs is 1. The van der Waals surface area contributed by atoms with E-state index in [1.54, 1.807) is 6.92 Å². The third kappa shape index (κ3) is 3.88. The van der Waals surface area contributed by atoms with Crippen LogP contribution in [0, 0.1) is 0 Å². The Morgan fingerprint density at radius 1 is 1.13 bits per heavy atom. The van der Waals surface area contributed by atoms with E-state index < -0.39 is 17.5 Å². The third-order valence-corrected chi connectivity index (χ3v) is 3.93. The van der Waals surface area contributed by atoms with Crippen LogP contribution in [0.25, 0.3) is 0 Å². The number of amides is 1. The molecule has 0 bridgehead atoms. The molecule has 0 aliphatic heterocycles. The maximum absolute atomic E-state index is 12.4. The molecule has 124 valence electrons. The van der Waals surface area contributed by atoms with E-state index in [0.717, 1.165) is 11.1 Å². The fourth-order valence-electron chi connectivity index (χ4n) is 2.82. The second-order valence-corrected chi connectivity index (χ2v) is 5.55. The molecule has 0 atom stereocenters. The molecule has 0 fully saturated rings. The Labute approximate surface area is 135 Å². The van der Waals surface area contributed by atoms with Gasteiger partial charge in [0, 0.05) is 19.3 Å². The van der Waals surface area contributed by atoms with Gasteiger partial charge in [0.1, 0.15) is 5.54 Å². The average Bonchev–Trinajstić information content (AvgIpc) is 2.92. The normalized spacial score (nSPS) is 14.7. The quantitative estimate of drug-likeness (QED) is 0.796. The van der Waals surface area contributed by atoms with Crippen LogP contribution in [0.1, 0.15) is 30.9 Å². The van der Waals surface area contributed by atoms with Crippen LogP contribution in [0.3, 0.4) is 0 Å². The summed E-state index contributed by atoms with van der Waals surface area (Å²) in [6, 6.07) is 7.69. The molecule has 0 radical (unpaired) electrons. The minimum absolute atomic E-state index is 0.0197. The molecule has 1 aromatic rings. The summed E-state index contributed by atoms with van der Waals surface area (Å²) in [4.78, 5) is 35.7. The van der Waals surface area contributed by atoms with Crippen LogP contribution in [-0.2, 0) is 36.7 Å². The summed E-state index contributed by atoms with van der Waals surface area (Å²) >= 11 is 0. The largest absolute Gasteiger partial charge is 0.469 e. The number of ether oxygens (including phenoxy) is 2. The van der Waals surface area contributed by atoms with E-state index in [1.807, 2.05) is 24.3 Å². The zero-order valence-electron chi connectivity index (χ0n) is 13.4. The number of nitrogens with one attached hydrogen (secondary N) is 1. The zero-order valence-corrected chi connectivity index (χ0v) is 13.4. The highest BCUT2D eigenvalue weighted by Gasteiger charge is 2.46. The lowest BCUT2D eigenvalue weighted by atomic mass is 9.95. The molecule has 6 heteroatoms. The number of carbonyl (C=O) groups is 3. The van der Waals surface area contributed by atoms with Gasteiger partial charge in [-0.05, 0) is 18.1 Å². The molecule has 6 nitrogen and oxygen atoms in total. The summed E-state index contributed by atoms with van der Waals surface area (Å²) in [6.45, 7) is 1.97. The van der Waals surface area contributed by atoms with Gasteiger partial charge in [-0.15, -0.1) is 0 Å². The van der Waals surface area contributed by atoms with Crippen molar-refractivity contribution in [1.82, 2.24) is 5.32 Å². The first-order valence-electron chi connectivity index (χ1n) is 7.62. The van der Waals surface area contributed by atoms with Crippen LogP contribution in [0.15, 0.2) is 24.3 Å². The van der Waals surface area contributed by atoms with Crippen molar-refractivity contribution >= 4 is 17.8 Å². The Kier molecular flexibility index (Phi) is 5.36. The molecule has 0 unspecified atom stereocenters. The fraction of sp³-hybridized carbons (Fsp3) is 0.471. The molecule has 1 aliphatic carbocycles. The van der Waals surface area contributed by atoms with Gasteiger partial charge in [0.2, 0.25) is 5.91 Å². The second kappa shape index (κ2) is 7.26. The van der Waals surface area contributed by atoms with Crippen LogP contribution in [-0.4, -0.2) is 37.1 Å². The van der Waals surface area contributed by atoms with Gasteiger partial charge in [-0.25, -0.2) is 4.79 Å². The van der Waals surface area contributed by atoms with Crippen LogP contribution < -0.4 is 5.32 Å². The monoisotopic (exact) mass is 319 g/mol. The van der Waals surface area contributed by atoms with Crippen molar-refractivity contribution in [3.8, 4) is 0 Å². The van der Waals surface area contributed by atoms with E-state index in [1.165, 1.54) is 7.11 Å². The van der Waals surface area contributed by atoms with Crippen molar-refractivity contribution in [2.24, 2.45) is 0 Å². The summed E-state index contributed by atoms with van der Waals surface area (Å²) in [6.07, 6.45) is 0.746. The highest BCUT2D eigenvalue weighted by Crippen LogP contribution is 2.31. The Bertz CT molecular complexity index is 586. The van der Waals surface area contributed by atoms with E-state index in [2.05, 4.69) is 10.1 Å². The number of carbonyl (C=O) groups excluding carboxylic acids is 3. The average molecular weight is 319 g/mol. The van der Waals surface area contributed by atoms with Crippen molar-refractivity contribution in [2.45, 2.75) is 38.1 Å². The van der Waals surface area contributed by atoms with Gasteiger partial charge >= 0.3 is 11.9 Å². The molecule has 23 heavy (non-hydrogen) atoms. The number of benzene rings is 1. The van der Waals surface area contributed by atoms with Crippen molar-refractivity contribution in [3.63, 3.8) is 0 Å². The zero-order chi connectivity index (χ0) is 16.9. The van der Waals surface area contributed by atoms with Gasteiger partial charge in [0.15, 0.2) is 0 Å². The molecule has 0 saturated heterocycles. The Morgan fingerprint density at radius 2 is 1.74 bits per heavy atom. The lowest BCUT2D eigenvalue weighted by molar-refractivity contribution is -0.153. The predicted molar refractivity (Wildman–Crippen MR) is 82.6 cm³/mol. The standard InChI is InChI=1S/C17H21NO5/c1-3-23-16(21)17(18-14(19)8-9-15(20)22-2)10-12-6-4-5-7-13(12)11-17/h4-7H,3,8-11H2,1-2H3,(H,18,19). The van der Waals surface area contributed by atoms with Crippen LogP contribution in [0.4, 0.5) is 0 Å². The van der Waals surface area contributed by atoms with Crippen molar-refractivity contribution in [2.75, 3.05) is 13.7 Å². The maximum atomic E-state index is 12.4. The van der Waals surface area contributed by atoms with Gasteiger partial charge in [0.05, 0.1) is 20.1 Å². The Morgan fingerprint density at radius 3 is 2.26 bits per heavy atom. The van der Waals surface area contributed by atoms with E-state index >= 15 is 0 Å². The summed E-state index contributed by atoms with van der Waals surface area (Å²) in [5.74, 6) is -1.26. The molecule has 0 spiro atoms. The fourth-order valence-corrected chi connectivity index (χ4v) is 2.82. The molecule has 1 N–H and O–H groups in total. The van der Waals surface area contributed by atoms with Gasteiger partial charge in [-0.1, -0.05) is 24.3 Å². The van der Waals surface area contributed by atoms with Crippen molar-refractivity contribution in [1.29, 1.82) is 0 Å². The first kappa shape index (κ1) is 17.0. The van der Waals surface area contributed by atoms with Gasteiger partial charge < -0.3 is 14.8 Å². The number of hydrogen-bond acceptors (Lipinski definition) is 5. The number of methoxy groups -OCH3 is 1. The summed E-state index contributed by atoms with van der Waals surface area (Å²) < 4.78 is 9.68.